The molecule has 1 aromatic rings. The van der Waals surface area contributed by atoms with Gasteiger partial charge in [0.05, 0.1) is 14.2 Å². The molecule has 1 aliphatic heterocycles. The fraction of sp³-hybridized carbons (Fsp3) is 0.625. The SMILES string of the molecule is CCNCC1(c2ccc(OC)c(OC)c2)CCOCC1. The third-order valence-electron chi connectivity index (χ3n) is 4.16. The van der Waals surface area contributed by atoms with Crippen LogP contribution in [0.5, 0.6) is 11.5 Å². The van der Waals surface area contributed by atoms with Crippen molar-refractivity contribution in [2.75, 3.05) is 40.5 Å². The van der Waals surface area contributed by atoms with E-state index in [1.54, 1.807) is 14.2 Å². The van der Waals surface area contributed by atoms with Crippen LogP contribution in [0.3, 0.4) is 0 Å². The first-order chi connectivity index (χ1) is 9.75. The van der Waals surface area contributed by atoms with Gasteiger partial charge in [0.25, 0.3) is 0 Å². The summed E-state index contributed by atoms with van der Waals surface area (Å²) in [7, 11) is 3.35. The second-order valence-electron chi connectivity index (χ2n) is 5.24. The first-order valence-electron chi connectivity index (χ1n) is 7.27. The highest BCUT2D eigenvalue weighted by molar-refractivity contribution is 5.45. The molecular formula is C16H25NO3. The quantitative estimate of drug-likeness (QED) is 0.868. The summed E-state index contributed by atoms with van der Waals surface area (Å²) in [6.07, 6.45) is 2.07. The van der Waals surface area contributed by atoms with Gasteiger partial charge >= 0.3 is 0 Å². The Balaban J connectivity index is 2.32. The van der Waals surface area contributed by atoms with Crippen molar-refractivity contribution in [3.05, 3.63) is 23.8 Å². The van der Waals surface area contributed by atoms with Crippen LogP contribution in [0.15, 0.2) is 18.2 Å². The lowest BCUT2D eigenvalue weighted by molar-refractivity contribution is 0.0500. The van der Waals surface area contributed by atoms with Crippen molar-refractivity contribution in [3.63, 3.8) is 0 Å². The molecule has 0 aromatic heterocycles. The molecule has 0 spiro atoms. The maximum Gasteiger partial charge on any atom is 0.161 e. The van der Waals surface area contributed by atoms with Crippen LogP contribution >= 0.6 is 0 Å². The molecule has 0 amide bonds. The van der Waals surface area contributed by atoms with E-state index in [1.165, 1.54) is 5.56 Å². The minimum Gasteiger partial charge on any atom is -0.493 e. The zero-order valence-electron chi connectivity index (χ0n) is 12.7. The smallest absolute Gasteiger partial charge is 0.161 e. The van der Waals surface area contributed by atoms with Crippen LogP contribution < -0.4 is 14.8 Å². The van der Waals surface area contributed by atoms with Gasteiger partial charge in [-0.3, -0.25) is 0 Å². The molecule has 0 atom stereocenters. The molecule has 1 fully saturated rings. The van der Waals surface area contributed by atoms with Gasteiger partial charge < -0.3 is 19.5 Å². The Labute approximate surface area is 121 Å². The Morgan fingerprint density at radius 3 is 2.45 bits per heavy atom. The fourth-order valence-corrected chi connectivity index (χ4v) is 2.86. The van der Waals surface area contributed by atoms with Crippen molar-refractivity contribution < 1.29 is 14.2 Å². The lowest BCUT2D eigenvalue weighted by atomic mass is 9.74. The van der Waals surface area contributed by atoms with Crippen molar-refractivity contribution in [1.82, 2.24) is 5.32 Å². The summed E-state index contributed by atoms with van der Waals surface area (Å²) in [6.45, 7) is 5.74. The molecule has 2 rings (SSSR count). The monoisotopic (exact) mass is 279 g/mol. The van der Waals surface area contributed by atoms with Gasteiger partial charge in [0, 0.05) is 25.2 Å². The fourth-order valence-electron chi connectivity index (χ4n) is 2.86. The summed E-state index contributed by atoms with van der Waals surface area (Å²) in [5, 5.41) is 3.50. The highest BCUT2D eigenvalue weighted by Gasteiger charge is 2.34. The van der Waals surface area contributed by atoms with Gasteiger partial charge in [0.15, 0.2) is 11.5 Å². The van der Waals surface area contributed by atoms with E-state index < -0.39 is 0 Å². The van der Waals surface area contributed by atoms with Crippen molar-refractivity contribution in [2.24, 2.45) is 0 Å². The Hall–Kier alpha value is -1.26. The van der Waals surface area contributed by atoms with Crippen LogP contribution in [0.25, 0.3) is 0 Å². The van der Waals surface area contributed by atoms with Gasteiger partial charge in [0.1, 0.15) is 0 Å². The number of benzene rings is 1. The topological polar surface area (TPSA) is 39.7 Å². The van der Waals surface area contributed by atoms with E-state index in [9.17, 15) is 0 Å². The standard InChI is InChI=1S/C16H25NO3/c1-4-17-12-16(7-9-20-10-8-16)13-5-6-14(18-2)15(11-13)19-3/h5-6,11,17H,4,7-10,12H2,1-3H3. The third kappa shape index (κ3) is 3.07. The van der Waals surface area contributed by atoms with Crippen LogP contribution in [0.2, 0.25) is 0 Å². The van der Waals surface area contributed by atoms with E-state index in [4.69, 9.17) is 14.2 Å². The molecule has 1 aliphatic rings. The average Bonchev–Trinajstić information content (AvgIpc) is 2.53. The Bertz CT molecular complexity index is 428. The summed E-state index contributed by atoms with van der Waals surface area (Å²) < 4.78 is 16.3. The summed E-state index contributed by atoms with van der Waals surface area (Å²) in [5.41, 5.74) is 1.44. The van der Waals surface area contributed by atoms with E-state index in [0.717, 1.165) is 50.6 Å². The normalized spacial score (nSPS) is 17.8. The number of nitrogens with one attached hydrogen (secondary N) is 1. The van der Waals surface area contributed by atoms with Crippen LogP contribution in [0.1, 0.15) is 25.3 Å². The van der Waals surface area contributed by atoms with Gasteiger partial charge in [-0.25, -0.2) is 0 Å². The van der Waals surface area contributed by atoms with Crippen molar-refractivity contribution >= 4 is 0 Å². The molecule has 1 saturated heterocycles. The molecule has 0 aliphatic carbocycles. The molecule has 0 radical (unpaired) electrons. The second kappa shape index (κ2) is 6.95. The van der Waals surface area contributed by atoms with Gasteiger partial charge in [-0.15, -0.1) is 0 Å². The number of hydrogen-bond donors (Lipinski definition) is 1. The summed E-state index contributed by atoms with van der Waals surface area (Å²) in [4.78, 5) is 0. The molecule has 0 unspecified atom stereocenters. The molecule has 4 nitrogen and oxygen atoms in total. The van der Waals surface area contributed by atoms with Crippen LogP contribution in [0.4, 0.5) is 0 Å². The molecule has 1 aromatic carbocycles. The van der Waals surface area contributed by atoms with E-state index in [1.807, 2.05) is 6.07 Å². The Morgan fingerprint density at radius 2 is 1.85 bits per heavy atom. The predicted octanol–water partition coefficient (Wildman–Crippen LogP) is 2.36. The molecule has 1 N–H and O–H groups in total. The van der Waals surface area contributed by atoms with Crippen LogP contribution in [0, 0.1) is 0 Å². The molecule has 1 heterocycles. The number of hydrogen-bond acceptors (Lipinski definition) is 4. The minimum absolute atomic E-state index is 0.133. The van der Waals surface area contributed by atoms with Gasteiger partial charge in [-0.1, -0.05) is 13.0 Å². The first-order valence-corrected chi connectivity index (χ1v) is 7.27. The number of likely N-dealkylation sites (N-methyl/N-ethyl adjacent to an activating group) is 1. The third-order valence-corrected chi connectivity index (χ3v) is 4.16. The highest BCUT2D eigenvalue weighted by Crippen LogP contribution is 2.38. The van der Waals surface area contributed by atoms with Crippen molar-refractivity contribution in [3.8, 4) is 11.5 Å². The van der Waals surface area contributed by atoms with Gasteiger partial charge in [-0.2, -0.15) is 0 Å². The zero-order chi connectivity index (χ0) is 14.4. The van der Waals surface area contributed by atoms with Gasteiger partial charge in [-0.05, 0) is 37.1 Å². The van der Waals surface area contributed by atoms with Crippen molar-refractivity contribution in [2.45, 2.75) is 25.2 Å². The van der Waals surface area contributed by atoms with Crippen LogP contribution in [-0.2, 0) is 10.2 Å². The first kappa shape index (κ1) is 15.1. The van der Waals surface area contributed by atoms with E-state index in [0.29, 0.717) is 0 Å². The lowest BCUT2D eigenvalue weighted by Crippen LogP contribution is -2.42. The molecule has 4 heteroatoms. The van der Waals surface area contributed by atoms with Crippen molar-refractivity contribution in [1.29, 1.82) is 0 Å². The maximum atomic E-state index is 5.54. The minimum atomic E-state index is 0.133. The largest absolute Gasteiger partial charge is 0.493 e. The average molecular weight is 279 g/mol. The summed E-state index contributed by atoms with van der Waals surface area (Å²) in [6, 6.07) is 6.27. The zero-order valence-corrected chi connectivity index (χ0v) is 12.7. The summed E-state index contributed by atoms with van der Waals surface area (Å²) in [5.74, 6) is 1.58. The van der Waals surface area contributed by atoms with E-state index >= 15 is 0 Å². The lowest BCUT2D eigenvalue weighted by Gasteiger charge is -2.38. The molecule has 0 bridgehead atoms. The Morgan fingerprint density at radius 1 is 1.15 bits per heavy atom. The molecular weight excluding hydrogens is 254 g/mol. The van der Waals surface area contributed by atoms with Gasteiger partial charge in [0.2, 0.25) is 0 Å². The maximum absolute atomic E-state index is 5.54. The Kier molecular flexibility index (Phi) is 5.26. The summed E-state index contributed by atoms with van der Waals surface area (Å²) >= 11 is 0. The van der Waals surface area contributed by atoms with E-state index in [-0.39, 0.29) is 5.41 Å². The van der Waals surface area contributed by atoms with E-state index in [2.05, 4.69) is 24.4 Å². The highest BCUT2D eigenvalue weighted by atomic mass is 16.5. The molecule has 112 valence electrons. The number of methoxy groups -OCH3 is 2. The second-order valence-corrected chi connectivity index (χ2v) is 5.24. The predicted molar refractivity (Wildman–Crippen MR) is 79.8 cm³/mol. The van der Waals surface area contributed by atoms with Crippen LogP contribution in [-0.4, -0.2) is 40.5 Å². The molecule has 20 heavy (non-hydrogen) atoms. The number of ether oxygens (including phenoxy) is 3. The number of rotatable bonds is 6. The molecule has 0 saturated carbocycles.